The molecule has 0 aliphatic heterocycles. The van der Waals surface area contributed by atoms with Crippen molar-refractivity contribution in [1.82, 2.24) is 0 Å². The molecule has 100 valence electrons. The highest BCUT2D eigenvalue weighted by molar-refractivity contribution is 7.93. The molecule has 0 fully saturated rings. The number of hydrogen-bond donors (Lipinski definition) is 1. The van der Waals surface area contributed by atoms with Crippen LogP contribution in [0.1, 0.15) is 25.3 Å². The molecule has 1 N–H and O–H groups in total. The average molecular weight is 269 g/mol. The lowest BCUT2D eigenvalue weighted by molar-refractivity contribution is -0.134. The second kappa shape index (κ2) is 7.16. The Morgan fingerprint density at radius 2 is 2.00 bits per heavy atom. The Balaban J connectivity index is 2.87. The number of carboxylic acids is 1. The van der Waals surface area contributed by atoms with Gasteiger partial charge in [0.25, 0.3) is 0 Å². The van der Waals surface area contributed by atoms with Crippen LogP contribution in [0.5, 0.6) is 0 Å². The Labute approximate surface area is 108 Å². The standard InChI is InChI=1S/C13H19NO3S/c1-2-3-9-14-18(17,11-13(15)16)10-12-7-5-4-6-8-12/h4-8H,2-3,9-11H2,1H3,(H,15,16). The Morgan fingerprint density at radius 3 is 2.56 bits per heavy atom. The fourth-order valence-corrected chi connectivity index (χ4v) is 3.40. The second-order valence-electron chi connectivity index (χ2n) is 4.15. The van der Waals surface area contributed by atoms with Gasteiger partial charge in [0.2, 0.25) is 0 Å². The summed E-state index contributed by atoms with van der Waals surface area (Å²) in [6, 6.07) is 9.26. The quantitative estimate of drug-likeness (QED) is 0.773. The van der Waals surface area contributed by atoms with Crippen LogP contribution < -0.4 is 0 Å². The number of aliphatic carboxylic acids is 1. The van der Waals surface area contributed by atoms with Crippen LogP contribution in [0, 0.1) is 0 Å². The van der Waals surface area contributed by atoms with Gasteiger partial charge in [-0.2, -0.15) is 0 Å². The number of unbranched alkanes of at least 4 members (excludes halogenated alkanes) is 1. The molecule has 0 saturated carbocycles. The summed E-state index contributed by atoms with van der Waals surface area (Å²) in [7, 11) is -2.69. The van der Waals surface area contributed by atoms with Crippen LogP contribution in [0.25, 0.3) is 0 Å². The number of carboxylic acid groups (broad SMARTS) is 1. The summed E-state index contributed by atoms with van der Waals surface area (Å²) in [5, 5.41) is 8.84. The maximum Gasteiger partial charge on any atom is 0.317 e. The second-order valence-corrected chi connectivity index (χ2v) is 6.53. The smallest absolute Gasteiger partial charge is 0.317 e. The predicted molar refractivity (Wildman–Crippen MR) is 73.0 cm³/mol. The third kappa shape index (κ3) is 5.31. The summed E-state index contributed by atoms with van der Waals surface area (Å²) in [5.74, 6) is -1.23. The van der Waals surface area contributed by atoms with E-state index in [2.05, 4.69) is 4.36 Å². The summed E-state index contributed by atoms with van der Waals surface area (Å²) in [6.07, 6.45) is 1.79. The van der Waals surface area contributed by atoms with E-state index < -0.39 is 15.7 Å². The van der Waals surface area contributed by atoms with Gasteiger partial charge in [-0.15, -0.1) is 0 Å². The lowest BCUT2D eigenvalue weighted by Crippen LogP contribution is -2.17. The topological polar surface area (TPSA) is 66.7 Å². The fraction of sp³-hybridized carbons (Fsp3) is 0.462. The molecule has 0 heterocycles. The predicted octanol–water partition coefficient (Wildman–Crippen LogP) is 2.54. The van der Waals surface area contributed by atoms with Crippen molar-refractivity contribution < 1.29 is 14.1 Å². The van der Waals surface area contributed by atoms with Crippen LogP contribution in [0.2, 0.25) is 0 Å². The van der Waals surface area contributed by atoms with E-state index in [1.807, 2.05) is 37.3 Å². The van der Waals surface area contributed by atoms with Gasteiger partial charge in [-0.1, -0.05) is 43.7 Å². The summed E-state index contributed by atoms with van der Waals surface area (Å²) in [5.41, 5.74) is 0.865. The van der Waals surface area contributed by atoms with Crippen molar-refractivity contribution in [3.05, 3.63) is 35.9 Å². The molecule has 1 atom stereocenters. The lowest BCUT2D eigenvalue weighted by Gasteiger charge is -2.08. The van der Waals surface area contributed by atoms with Gasteiger partial charge in [0.05, 0.1) is 15.5 Å². The summed E-state index contributed by atoms with van der Waals surface area (Å²) < 4.78 is 16.6. The third-order valence-electron chi connectivity index (χ3n) is 2.42. The maximum atomic E-state index is 12.5. The fourth-order valence-electron chi connectivity index (χ4n) is 1.56. The van der Waals surface area contributed by atoms with E-state index in [1.165, 1.54) is 0 Å². The van der Waals surface area contributed by atoms with E-state index in [1.54, 1.807) is 0 Å². The van der Waals surface area contributed by atoms with Crippen molar-refractivity contribution >= 4 is 15.7 Å². The van der Waals surface area contributed by atoms with Gasteiger partial charge >= 0.3 is 5.97 Å². The van der Waals surface area contributed by atoms with E-state index in [0.717, 1.165) is 18.4 Å². The Kier molecular flexibility index (Phi) is 5.85. The van der Waals surface area contributed by atoms with Crippen LogP contribution in [-0.2, 0) is 20.3 Å². The van der Waals surface area contributed by atoms with Crippen molar-refractivity contribution in [2.24, 2.45) is 4.36 Å². The summed E-state index contributed by atoms with van der Waals surface area (Å²) in [6.45, 7) is 2.49. The van der Waals surface area contributed by atoms with Gasteiger partial charge in [0, 0.05) is 6.54 Å². The molecule has 1 aromatic rings. The molecule has 0 aliphatic carbocycles. The zero-order chi connectivity index (χ0) is 13.4. The SMILES string of the molecule is CCCCN=S(=O)(CC(=O)O)Cc1ccccc1. The van der Waals surface area contributed by atoms with Crippen LogP contribution >= 0.6 is 0 Å². The first-order chi connectivity index (χ1) is 8.56. The molecule has 18 heavy (non-hydrogen) atoms. The number of benzene rings is 1. The van der Waals surface area contributed by atoms with Gasteiger partial charge in [-0.25, -0.2) is 8.57 Å². The van der Waals surface area contributed by atoms with Crippen LogP contribution in [0.3, 0.4) is 0 Å². The van der Waals surface area contributed by atoms with E-state index in [4.69, 9.17) is 5.11 Å². The molecule has 0 aliphatic rings. The zero-order valence-electron chi connectivity index (χ0n) is 10.5. The maximum absolute atomic E-state index is 12.5. The Hall–Kier alpha value is -1.36. The number of nitrogens with zero attached hydrogens (tertiary/aromatic N) is 1. The molecule has 5 heteroatoms. The normalized spacial score (nSPS) is 13.8. The molecular weight excluding hydrogens is 250 g/mol. The molecule has 0 spiro atoms. The van der Waals surface area contributed by atoms with Crippen LogP contribution in [0.4, 0.5) is 0 Å². The van der Waals surface area contributed by atoms with Crippen LogP contribution in [0.15, 0.2) is 34.7 Å². The van der Waals surface area contributed by atoms with Gasteiger partial charge in [-0.05, 0) is 12.0 Å². The highest BCUT2D eigenvalue weighted by atomic mass is 32.2. The first kappa shape index (κ1) is 14.7. The van der Waals surface area contributed by atoms with E-state index in [0.29, 0.717) is 6.54 Å². The minimum absolute atomic E-state index is 0.212. The summed E-state index contributed by atoms with van der Waals surface area (Å²) in [4.78, 5) is 10.8. The highest BCUT2D eigenvalue weighted by Crippen LogP contribution is 2.10. The van der Waals surface area contributed by atoms with Gasteiger partial charge in [0.1, 0.15) is 5.75 Å². The molecule has 1 rings (SSSR count). The van der Waals surface area contributed by atoms with Crippen LogP contribution in [-0.4, -0.2) is 27.6 Å². The molecule has 0 radical (unpaired) electrons. The first-order valence-corrected chi connectivity index (χ1v) is 7.85. The van der Waals surface area contributed by atoms with Gasteiger partial charge in [0.15, 0.2) is 0 Å². The lowest BCUT2D eigenvalue weighted by atomic mass is 10.2. The Bertz CT molecular complexity index is 490. The molecule has 0 aromatic heterocycles. The van der Waals surface area contributed by atoms with E-state index >= 15 is 0 Å². The van der Waals surface area contributed by atoms with E-state index in [9.17, 15) is 9.00 Å². The number of carbonyl (C=O) groups is 1. The zero-order valence-corrected chi connectivity index (χ0v) is 11.4. The minimum Gasteiger partial charge on any atom is -0.481 e. The molecular formula is C13H19NO3S. The molecule has 1 unspecified atom stereocenters. The third-order valence-corrected chi connectivity index (χ3v) is 4.56. The number of rotatable bonds is 7. The van der Waals surface area contributed by atoms with Gasteiger partial charge in [-0.3, -0.25) is 4.79 Å². The minimum atomic E-state index is -2.69. The summed E-state index contributed by atoms with van der Waals surface area (Å²) >= 11 is 0. The molecule has 1 aromatic carbocycles. The first-order valence-electron chi connectivity index (χ1n) is 6.00. The van der Waals surface area contributed by atoms with E-state index in [-0.39, 0.29) is 11.5 Å². The van der Waals surface area contributed by atoms with Crippen molar-refractivity contribution in [1.29, 1.82) is 0 Å². The highest BCUT2D eigenvalue weighted by Gasteiger charge is 2.14. The molecule has 0 bridgehead atoms. The average Bonchev–Trinajstić information content (AvgIpc) is 2.29. The van der Waals surface area contributed by atoms with Gasteiger partial charge < -0.3 is 5.11 Å². The van der Waals surface area contributed by atoms with Crippen molar-refractivity contribution in [3.8, 4) is 0 Å². The molecule has 0 amide bonds. The van der Waals surface area contributed by atoms with Crippen molar-refractivity contribution in [2.45, 2.75) is 25.5 Å². The largest absolute Gasteiger partial charge is 0.481 e. The van der Waals surface area contributed by atoms with Crippen molar-refractivity contribution in [3.63, 3.8) is 0 Å². The Morgan fingerprint density at radius 1 is 1.33 bits per heavy atom. The number of hydrogen-bond acceptors (Lipinski definition) is 3. The monoisotopic (exact) mass is 269 g/mol. The van der Waals surface area contributed by atoms with Crippen molar-refractivity contribution in [2.75, 3.05) is 12.3 Å². The molecule has 0 saturated heterocycles. The molecule has 4 nitrogen and oxygen atoms in total.